The predicted octanol–water partition coefficient (Wildman–Crippen LogP) is 22.8. The maximum atomic E-state index is 13.1. The zero-order chi connectivity index (χ0) is 73.2. The number of esters is 4. The SMILES string of the molecule is CC/C=C\C/C=C\C/C=C\C/C=C\CCCCC(=O)OCC(COP(=O)(O)OCC(O)COP(=O)(O)OCC(COC(=O)CCCCCCCCCCCCCCCCC)OC(=O)CCCCCCCCCCCCCCCCC)OC(=O)CCCC/C=C\C/C=C\C/C=C\C/C=C\CC. The standard InChI is InChI=1S/C81H142O17P2/c1-5-9-13-17-21-25-29-33-37-41-45-49-53-57-61-65-78(83)91-71-76(97-80(85)67-63-59-55-51-47-43-39-35-31-27-23-19-15-11-7-3)73-95-99(87,88)93-69-75(82)70-94-100(89,90)96-74-77(98-81(86)68-64-60-56-52-48-44-40-36-32-28-24-20-16-12-8-4)72-92-79(84)66-62-58-54-50-46-42-38-34-30-26-22-18-14-10-6-2/h9,11,13,15,21,23,25,27,33,35,37,39,45,47,49,51,75-77,82H,5-8,10,12,14,16-20,22,24,26,28-32,34,36,38,40-44,46,48,50,52-74H2,1-4H3,(H,87,88)(H,89,90)/b13-9-,15-11-,25-21-,27-23-,37-33-,39-35-,49-45-,51-47-. The predicted molar refractivity (Wildman–Crippen MR) is 409 cm³/mol. The van der Waals surface area contributed by atoms with Crippen LogP contribution in [-0.4, -0.2) is 96.7 Å². The third kappa shape index (κ3) is 72.3. The fourth-order valence-electron chi connectivity index (χ4n) is 10.6. The van der Waals surface area contributed by atoms with Crippen LogP contribution in [0, 0.1) is 0 Å². The number of rotatable bonds is 74. The van der Waals surface area contributed by atoms with Crippen LogP contribution in [0.3, 0.4) is 0 Å². The number of allylic oxidation sites excluding steroid dienone is 16. The second kappa shape index (κ2) is 73.3. The van der Waals surface area contributed by atoms with Crippen molar-refractivity contribution in [1.29, 1.82) is 0 Å². The topological polar surface area (TPSA) is 237 Å². The fraction of sp³-hybridized carbons (Fsp3) is 0.753. The Kier molecular flexibility index (Phi) is 70.4. The van der Waals surface area contributed by atoms with E-state index in [0.29, 0.717) is 32.1 Å². The highest BCUT2D eigenvalue weighted by atomic mass is 31.2. The first-order valence-corrected chi connectivity index (χ1v) is 42.5. The van der Waals surface area contributed by atoms with Crippen LogP contribution in [0.1, 0.15) is 336 Å². The largest absolute Gasteiger partial charge is 0.472 e. The number of hydrogen-bond donors (Lipinski definition) is 3. The Morgan fingerprint density at radius 1 is 0.290 bits per heavy atom. The van der Waals surface area contributed by atoms with E-state index in [0.717, 1.165) is 116 Å². The summed E-state index contributed by atoms with van der Waals surface area (Å²) in [5, 5.41) is 10.6. The number of carbonyl (C=O) groups excluding carboxylic acids is 4. The molecule has 0 aromatic rings. The maximum absolute atomic E-state index is 13.1. The fourth-order valence-corrected chi connectivity index (χ4v) is 12.2. The second-order valence-electron chi connectivity index (χ2n) is 26.3. The van der Waals surface area contributed by atoms with Gasteiger partial charge in [-0.2, -0.15) is 0 Å². The summed E-state index contributed by atoms with van der Waals surface area (Å²) in [5.41, 5.74) is 0. The summed E-state index contributed by atoms with van der Waals surface area (Å²) in [7, 11) is -9.97. The average Bonchev–Trinajstić information content (AvgIpc) is 1.01. The number of carbonyl (C=O) groups is 4. The summed E-state index contributed by atoms with van der Waals surface area (Å²) >= 11 is 0. The first-order valence-electron chi connectivity index (χ1n) is 39.5. The van der Waals surface area contributed by atoms with E-state index in [1.54, 1.807) is 0 Å². The van der Waals surface area contributed by atoms with Crippen LogP contribution in [0.5, 0.6) is 0 Å². The van der Waals surface area contributed by atoms with Crippen molar-refractivity contribution in [2.45, 2.75) is 354 Å². The van der Waals surface area contributed by atoms with Crippen LogP contribution >= 0.6 is 15.6 Å². The molecule has 0 radical (unpaired) electrons. The van der Waals surface area contributed by atoms with Gasteiger partial charge < -0.3 is 33.8 Å². The summed E-state index contributed by atoms with van der Waals surface area (Å²) < 4.78 is 68.5. The monoisotopic (exact) mass is 1450 g/mol. The normalized spacial score (nSPS) is 14.4. The van der Waals surface area contributed by atoms with Gasteiger partial charge in [0.1, 0.15) is 19.3 Å². The van der Waals surface area contributed by atoms with Crippen molar-refractivity contribution >= 4 is 39.5 Å². The molecule has 0 amide bonds. The molecule has 5 atom stereocenters. The minimum absolute atomic E-state index is 0.0334. The molecule has 0 aliphatic carbocycles. The van der Waals surface area contributed by atoms with Crippen LogP contribution in [0.15, 0.2) is 97.2 Å². The third-order valence-electron chi connectivity index (χ3n) is 16.6. The van der Waals surface area contributed by atoms with Gasteiger partial charge in [0, 0.05) is 25.7 Å². The Labute approximate surface area is 607 Å². The molecule has 0 spiro atoms. The van der Waals surface area contributed by atoms with Crippen LogP contribution in [0.25, 0.3) is 0 Å². The van der Waals surface area contributed by atoms with E-state index in [-0.39, 0.29) is 25.7 Å². The van der Waals surface area contributed by atoms with E-state index in [2.05, 4.69) is 125 Å². The van der Waals surface area contributed by atoms with Gasteiger partial charge in [-0.05, 0) is 103 Å². The van der Waals surface area contributed by atoms with E-state index >= 15 is 0 Å². The van der Waals surface area contributed by atoms with Gasteiger partial charge in [-0.3, -0.25) is 37.3 Å². The molecular formula is C81H142O17P2. The number of aliphatic hydroxyl groups is 1. The smallest absolute Gasteiger partial charge is 0.462 e. The molecule has 0 aromatic carbocycles. The lowest BCUT2D eigenvalue weighted by atomic mass is 10.0. The van der Waals surface area contributed by atoms with Crippen LogP contribution in [-0.2, 0) is 65.4 Å². The molecule has 17 nitrogen and oxygen atoms in total. The molecule has 0 aliphatic rings. The highest BCUT2D eigenvalue weighted by molar-refractivity contribution is 7.47. The van der Waals surface area contributed by atoms with Crippen LogP contribution in [0.2, 0.25) is 0 Å². The van der Waals surface area contributed by atoms with Gasteiger partial charge in [0.2, 0.25) is 0 Å². The molecular weight excluding hydrogens is 1310 g/mol. The summed E-state index contributed by atoms with van der Waals surface area (Å²) in [6.07, 6.45) is 76.8. The third-order valence-corrected chi connectivity index (χ3v) is 18.5. The number of phosphoric acid groups is 2. The van der Waals surface area contributed by atoms with E-state index in [4.69, 9.17) is 37.0 Å². The van der Waals surface area contributed by atoms with Crippen molar-refractivity contribution in [2.24, 2.45) is 0 Å². The lowest BCUT2D eigenvalue weighted by Crippen LogP contribution is -2.30. The van der Waals surface area contributed by atoms with E-state index in [1.807, 2.05) is 0 Å². The molecule has 0 heterocycles. The summed E-state index contributed by atoms with van der Waals surface area (Å²) in [5.74, 6) is -2.25. The van der Waals surface area contributed by atoms with Gasteiger partial charge in [-0.1, -0.05) is 305 Å². The highest BCUT2D eigenvalue weighted by Gasteiger charge is 2.30. The molecule has 0 aromatic heterocycles. The zero-order valence-electron chi connectivity index (χ0n) is 63.1. The molecule has 578 valence electrons. The van der Waals surface area contributed by atoms with E-state index in [1.165, 1.54) is 135 Å². The summed E-state index contributed by atoms with van der Waals surface area (Å²) in [6.45, 7) is 4.60. The Balaban J connectivity index is 5.40. The van der Waals surface area contributed by atoms with E-state index in [9.17, 15) is 43.2 Å². The summed E-state index contributed by atoms with van der Waals surface area (Å²) in [6, 6.07) is 0. The molecule has 100 heavy (non-hydrogen) atoms. The van der Waals surface area contributed by atoms with Gasteiger partial charge >= 0.3 is 39.5 Å². The number of ether oxygens (including phenoxy) is 4. The number of phosphoric ester groups is 2. The van der Waals surface area contributed by atoms with E-state index < -0.39 is 97.5 Å². The molecule has 0 fully saturated rings. The molecule has 5 unspecified atom stereocenters. The zero-order valence-corrected chi connectivity index (χ0v) is 64.9. The number of unbranched alkanes of at least 4 members (excludes halogenated alkanes) is 32. The average molecular weight is 1450 g/mol. The van der Waals surface area contributed by atoms with Crippen molar-refractivity contribution in [1.82, 2.24) is 0 Å². The van der Waals surface area contributed by atoms with Crippen molar-refractivity contribution < 1.29 is 80.2 Å². The van der Waals surface area contributed by atoms with Crippen molar-refractivity contribution in [2.75, 3.05) is 39.6 Å². The first-order chi connectivity index (χ1) is 48.7. The second-order valence-corrected chi connectivity index (χ2v) is 29.2. The Morgan fingerprint density at radius 3 is 0.800 bits per heavy atom. The highest BCUT2D eigenvalue weighted by Crippen LogP contribution is 2.45. The number of hydrogen-bond acceptors (Lipinski definition) is 15. The number of aliphatic hydroxyl groups excluding tert-OH is 1. The van der Waals surface area contributed by atoms with Gasteiger partial charge in [0.25, 0.3) is 0 Å². The molecule has 19 heteroatoms. The van der Waals surface area contributed by atoms with Crippen molar-refractivity contribution in [3.63, 3.8) is 0 Å². The molecule has 0 rings (SSSR count). The van der Waals surface area contributed by atoms with Crippen molar-refractivity contribution in [3.8, 4) is 0 Å². The Hall–Kier alpha value is -4.02. The Bertz CT molecular complexity index is 2270. The molecule has 0 aliphatic heterocycles. The first kappa shape index (κ1) is 96.0. The minimum atomic E-state index is -4.99. The van der Waals surface area contributed by atoms with Crippen LogP contribution in [0.4, 0.5) is 0 Å². The van der Waals surface area contributed by atoms with Gasteiger partial charge in [-0.15, -0.1) is 0 Å². The quantitative estimate of drug-likeness (QED) is 0.0169. The molecule has 0 saturated carbocycles. The van der Waals surface area contributed by atoms with Crippen molar-refractivity contribution in [3.05, 3.63) is 97.2 Å². The lowest BCUT2D eigenvalue weighted by Gasteiger charge is -2.21. The maximum Gasteiger partial charge on any atom is 0.472 e. The van der Waals surface area contributed by atoms with Gasteiger partial charge in [0.05, 0.1) is 26.4 Å². The van der Waals surface area contributed by atoms with Gasteiger partial charge in [0.15, 0.2) is 12.2 Å². The summed E-state index contributed by atoms with van der Waals surface area (Å²) in [4.78, 5) is 72.9. The lowest BCUT2D eigenvalue weighted by molar-refractivity contribution is -0.161. The van der Waals surface area contributed by atoms with Gasteiger partial charge in [-0.25, -0.2) is 9.13 Å². The molecule has 3 N–H and O–H groups in total. The Morgan fingerprint density at radius 2 is 0.520 bits per heavy atom. The molecule has 0 bridgehead atoms. The molecule has 0 saturated heterocycles. The minimum Gasteiger partial charge on any atom is -0.462 e. The van der Waals surface area contributed by atoms with Crippen LogP contribution < -0.4 is 0 Å².